The van der Waals surface area contributed by atoms with Gasteiger partial charge in [-0.3, -0.25) is 14.4 Å². The molecule has 1 amide bonds. The van der Waals surface area contributed by atoms with E-state index in [9.17, 15) is 20.0 Å². The normalized spacial score (nSPS) is 22.5. The van der Waals surface area contributed by atoms with E-state index in [-0.39, 0.29) is 23.6 Å². The lowest BCUT2D eigenvalue weighted by Crippen LogP contribution is -2.25. The monoisotopic (exact) mass is 432 g/mol. The Morgan fingerprint density at radius 1 is 1.31 bits per heavy atom. The topological polar surface area (TPSA) is 127 Å². The van der Waals surface area contributed by atoms with E-state index >= 15 is 0 Å². The maximum atomic E-state index is 12.7. The van der Waals surface area contributed by atoms with Crippen molar-refractivity contribution in [2.45, 2.75) is 51.2 Å². The van der Waals surface area contributed by atoms with Gasteiger partial charge in [-0.25, -0.2) is 4.79 Å². The summed E-state index contributed by atoms with van der Waals surface area (Å²) in [5.41, 5.74) is 3.10. The van der Waals surface area contributed by atoms with Crippen LogP contribution in [0.4, 0.5) is 16.3 Å². The predicted octanol–water partition coefficient (Wildman–Crippen LogP) is 4.28. The third-order valence-electron chi connectivity index (χ3n) is 6.75. The van der Waals surface area contributed by atoms with Crippen LogP contribution < -0.4 is 10.9 Å². The molecule has 0 bridgehead atoms. The van der Waals surface area contributed by atoms with Crippen LogP contribution in [0.15, 0.2) is 35.3 Å². The number of hydrogen-bond donors (Lipinski definition) is 3. The van der Waals surface area contributed by atoms with Gasteiger partial charge in [0, 0.05) is 11.9 Å². The second-order valence-electron chi connectivity index (χ2n) is 8.57. The van der Waals surface area contributed by atoms with Gasteiger partial charge in [-0.05, 0) is 49.1 Å². The molecule has 3 heterocycles. The Hall–Kier alpha value is -3.80. The van der Waals surface area contributed by atoms with Gasteiger partial charge in [0.1, 0.15) is 5.39 Å². The molecule has 1 unspecified atom stereocenters. The molecular weight excluding hydrogens is 408 g/mol. The van der Waals surface area contributed by atoms with Crippen molar-refractivity contribution < 1.29 is 9.90 Å². The Kier molecular flexibility index (Phi) is 4.85. The smallest absolute Gasteiger partial charge is 0.408 e. The number of fused-ring (bicyclic) bond motifs is 2. The predicted molar refractivity (Wildman–Crippen MR) is 119 cm³/mol. The molecule has 1 saturated carbocycles. The van der Waals surface area contributed by atoms with Gasteiger partial charge in [-0.2, -0.15) is 10.4 Å². The number of rotatable bonds is 3. The van der Waals surface area contributed by atoms with E-state index in [0.717, 1.165) is 42.5 Å². The van der Waals surface area contributed by atoms with Crippen LogP contribution >= 0.6 is 0 Å². The summed E-state index contributed by atoms with van der Waals surface area (Å²) in [7, 11) is 0. The van der Waals surface area contributed by atoms with E-state index in [2.05, 4.69) is 16.4 Å². The number of nitriles is 1. The third kappa shape index (κ3) is 3.19. The van der Waals surface area contributed by atoms with Gasteiger partial charge in [0.05, 0.1) is 36.1 Å². The Morgan fingerprint density at radius 3 is 2.91 bits per heavy atom. The van der Waals surface area contributed by atoms with Crippen LogP contribution in [0.1, 0.15) is 55.8 Å². The van der Waals surface area contributed by atoms with Crippen molar-refractivity contribution >= 4 is 28.5 Å². The second kappa shape index (κ2) is 7.71. The molecule has 1 aliphatic carbocycles. The highest BCUT2D eigenvalue weighted by Crippen LogP contribution is 2.38. The molecular formula is C23H24N6O3. The van der Waals surface area contributed by atoms with Gasteiger partial charge < -0.3 is 15.4 Å². The quantitative estimate of drug-likeness (QED) is 0.567. The number of aromatic amines is 1. The first-order chi connectivity index (χ1) is 15.5. The highest BCUT2D eigenvalue weighted by atomic mass is 16.4. The average Bonchev–Trinajstić information content (AvgIpc) is 3.32. The summed E-state index contributed by atoms with van der Waals surface area (Å²) in [5.74, 6) is 0.299. The molecule has 1 aliphatic heterocycles. The van der Waals surface area contributed by atoms with Gasteiger partial charge in [0.2, 0.25) is 0 Å². The van der Waals surface area contributed by atoms with Crippen molar-refractivity contribution in [3.8, 4) is 6.07 Å². The van der Waals surface area contributed by atoms with Gasteiger partial charge in [0.15, 0.2) is 5.82 Å². The second-order valence-corrected chi connectivity index (χ2v) is 8.57. The van der Waals surface area contributed by atoms with Crippen LogP contribution in [-0.4, -0.2) is 30.9 Å². The fraction of sp³-hybridized carbons (Fsp3) is 0.391. The summed E-state index contributed by atoms with van der Waals surface area (Å²) in [6.07, 6.45) is 4.40. The van der Waals surface area contributed by atoms with E-state index < -0.39 is 6.09 Å². The number of amides is 1. The molecule has 0 spiro atoms. The molecule has 1 aromatic carbocycles. The largest absolute Gasteiger partial charge is 0.465 e. The van der Waals surface area contributed by atoms with Crippen molar-refractivity contribution in [3.63, 3.8) is 0 Å². The summed E-state index contributed by atoms with van der Waals surface area (Å²) in [5, 5.41) is 27.5. The molecule has 164 valence electrons. The Bertz CT molecular complexity index is 1300. The zero-order chi connectivity index (χ0) is 22.4. The molecule has 3 aromatic rings. The van der Waals surface area contributed by atoms with Gasteiger partial charge in [0.25, 0.3) is 5.56 Å². The fourth-order valence-corrected chi connectivity index (χ4v) is 5.08. The van der Waals surface area contributed by atoms with Gasteiger partial charge >= 0.3 is 6.09 Å². The number of nitrogens with one attached hydrogen (secondary N) is 2. The zero-order valence-electron chi connectivity index (χ0n) is 17.7. The number of pyridine rings is 1. The maximum absolute atomic E-state index is 12.7. The molecule has 0 radical (unpaired) electrons. The zero-order valence-corrected chi connectivity index (χ0v) is 17.7. The third-order valence-corrected chi connectivity index (χ3v) is 6.75. The van der Waals surface area contributed by atoms with Crippen molar-refractivity contribution in [1.29, 1.82) is 5.26 Å². The molecule has 5 rings (SSSR count). The number of carboxylic acid groups (broad SMARTS) is 1. The number of aromatic nitrogens is 3. The average molecular weight is 432 g/mol. The van der Waals surface area contributed by atoms with Crippen LogP contribution in [-0.2, 0) is 6.54 Å². The lowest BCUT2D eigenvalue weighted by Gasteiger charge is -2.27. The Labute approximate surface area is 184 Å². The summed E-state index contributed by atoms with van der Waals surface area (Å²) in [4.78, 5) is 28.3. The van der Waals surface area contributed by atoms with E-state index in [1.54, 1.807) is 6.20 Å². The first-order valence-electron chi connectivity index (χ1n) is 10.9. The minimum absolute atomic E-state index is 0.0707. The van der Waals surface area contributed by atoms with Crippen molar-refractivity contribution in [3.05, 3.63) is 51.9 Å². The number of H-pyrrole nitrogens is 1. The summed E-state index contributed by atoms with van der Waals surface area (Å²) >= 11 is 0. The van der Waals surface area contributed by atoms with Crippen LogP contribution in [0.25, 0.3) is 10.9 Å². The number of carbonyl (C=O) groups is 1. The lowest BCUT2D eigenvalue weighted by molar-refractivity contribution is 0.132. The van der Waals surface area contributed by atoms with E-state index in [1.165, 1.54) is 4.90 Å². The maximum Gasteiger partial charge on any atom is 0.408 e. The molecule has 2 aliphatic rings. The first-order valence-corrected chi connectivity index (χ1v) is 10.9. The number of anilines is 2. The number of benzene rings is 1. The molecule has 2 aromatic heterocycles. The molecule has 9 nitrogen and oxygen atoms in total. The van der Waals surface area contributed by atoms with Crippen LogP contribution in [0, 0.1) is 17.2 Å². The first kappa shape index (κ1) is 20.1. The van der Waals surface area contributed by atoms with Crippen LogP contribution in [0.3, 0.4) is 0 Å². The summed E-state index contributed by atoms with van der Waals surface area (Å²) in [6.45, 7) is 2.20. The van der Waals surface area contributed by atoms with Gasteiger partial charge in [-0.15, -0.1) is 0 Å². The molecule has 32 heavy (non-hydrogen) atoms. The Morgan fingerprint density at radius 2 is 2.12 bits per heavy atom. The Balaban J connectivity index is 1.54. The summed E-state index contributed by atoms with van der Waals surface area (Å²) in [6, 6.07) is 9.68. The fourth-order valence-electron chi connectivity index (χ4n) is 5.08. The minimum atomic E-state index is -0.945. The highest BCUT2D eigenvalue weighted by molar-refractivity contribution is 5.91. The van der Waals surface area contributed by atoms with Crippen molar-refractivity contribution in [2.24, 2.45) is 5.92 Å². The molecule has 1 fully saturated rings. The summed E-state index contributed by atoms with van der Waals surface area (Å²) < 4.78 is 1.83. The van der Waals surface area contributed by atoms with Crippen LogP contribution in [0.5, 0.6) is 0 Å². The molecule has 0 saturated heterocycles. The van der Waals surface area contributed by atoms with Crippen LogP contribution in [0.2, 0.25) is 0 Å². The molecule has 3 atom stereocenters. The van der Waals surface area contributed by atoms with Gasteiger partial charge in [-0.1, -0.05) is 18.9 Å². The highest BCUT2D eigenvalue weighted by Gasteiger charge is 2.31. The SMILES string of the molecule is CC1c2ccc(Nc3nn([C@H]4CCCC[C@@H]4C#N)c4cc[nH]c(=O)c34)cc2CN1C(=O)O. The minimum Gasteiger partial charge on any atom is -0.465 e. The van der Waals surface area contributed by atoms with Crippen molar-refractivity contribution in [2.75, 3.05) is 5.32 Å². The van der Waals surface area contributed by atoms with E-state index in [0.29, 0.717) is 23.3 Å². The number of hydrogen-bond acceptors (Lipinski definition) is 5. The lowest BCUT2D eigenvalue weighted by atomic mass is 9.85. The van der Waals surface area contributed by atoms with Crippen molar-refractivity contribution in [1.82, 2.24) is 19.7 Å². The molecule has 9 heteroatoms. The van der Waals surface area contributed by atoms with E-state index in [4.69, 9.17) is 5.10 Å². The standard InChI is InChI=1S/C23H24N6O3/c1-13-17-7-6-16(10-15(17)12-28(13)23(31)32)26-21-20-19(8-9-25-22(20)30)29(27-21)18-5-3-2-4-14(18)11-24/h6-10,13-14,18H,2-5,12H2,1H3,(H,25,30)(H,26,27)(H,31,32)/t13?,14-,18+/m1/s1. The molecule has 3 N–H and O–H groups in total. The van der Waals surface area contributed by atoms with E-state index in [1.807, 2.05) is 35.9 Å². The number of nitrogens with zero attached hydrogens (tertiary/aromatic N) is 4.